The number of fused-ring (bicyclic) bond motifs is 2. The first kappa shape index (κ1) is 9.65. The Bertz CT molecular complexity index is 558. The van der Waals surface area contributed by atoms with E-state index < -0.39 is 0 Å². The Labute approximate surface area is 96.3 Å². The van der Waals surface area contributed by atoms with E-state index in [0.717, 1.165) is 6.42 Å². The topological polar surface area (TPSA) is 0 Å². The average Bonchev–Trinajstić information content (AvgIpc) is 2.29. The van der Waals surface area contributed by atoms with E-state index in [9.17, 15) is 0 Å². The van der Waals surface area contributed by atoms with Crippen LogP contribution in [-0.2, 0) is 0 Å². The maximum absolute atomic E-state index is 2.43. The van der Waals surface area contributed by atoms with Gasteiger partial charge in [0.05, 0.1) is 0 Å². The van der Waals surface area contributed by atoms with Gasteiger partial charge in [0.1, 0.15) is 0 Å². The molecule has 0 saturated heterocycles. The molecular formula is C16H16. The highest BCUT2D eigenvalue weighted by molar-refractivity contribution is 5.58. The molecule has 1 aromatic carbocycles. The van der Waals surface area contributed by atoms with Crippen LogP contribution in [0.4, 0.5) is 0 Å². The zero-order valence-corrected chi connectivity index (χ0v) is 9.39. The lowest BCUT2D eigenvalue weighted by Gasteiger charge is -2.18. The molecular weight excluding hydrogens is 192 g/mol. The average molecular weight is 208 g/mol. The van der Waals surface area contributed by atoms with Gasteiger partial charge in [-0.25, -0.2) is 0 Å². The molecule has 1 unspecified atom stereocenters. The molecule has 2 aliphatic carbocycles. The molecule has 0 heteroatoms. The van der Waals surface area contributed by atoms with E-state index in [4.69, 9.17) is 0 Å². The van der Waals surface area contributed by atoms with Gasteiger partial charge in [-0.1, -0.05) is 54.6 Å². The van der Waals surface area contributed by atoms with Gasteiger partial charge in [0, 0.05) is 5.92 Å². The lowest BCUT2D eigenvalue weighted by molar-refractivity contribution is 0.722. The van der Waals surface area contributed by atoms with Crippen LogP contribution in [0, 0.1) is 5.92 Å². The van der Waals surface area contributed by atoms with Crippen molar-refractivity contribution in [1.82, 2.24) is 0 Å². The minimum atomic E-state index is 0.625. The zero-order valence-electron chi connectivity index (χ0n) is 9.39. The predicted octanol–water partition coefficient (Wildman–Crippen LogP) is 2.54. The molecule has 2 aliphatic rings. The van der Waals surface area contributed by atoms with E-state index in [1.54, 1.807) is 0 Å². The van der Waals surface area contributed by atoms with Crippen molar-refractivity contribution in [2.75, 3.05) is 0 Å². The third kappa shape index (κ3) is 1.76. The van der Waals surface area contributed by atoms with Gasteiger partial charge >= 0.3 is 0 Å². The molecule has 0 nitrogen and oxygen atoms in total. The van der Waals surface area contributed by atoms with Gasteiger partial charge in [0.25, 0.3) is 0 Å². The smallest absolute Gasteiger partial charge is 0.00272 e. The Morgan fingerprint density at radius 1 is 1.00 bits per heavy atom. The first-order valence-corrected chi connectivity index (χ1v) is 6.07. The Morgan fingerprint density at radius 3 is 2.81 bits per heavy atom. The number of benzene rings is 1. The number of hydrogen-bond donors (Lipinski definition) is 0. The van der Waals surface area contributed by atoms with Crippen LogP contribution in [-0.4, -0.2) is 0 Å². The minimum Gasteiger partial charge on any atom is -0.0882 e. The van der Waals surface area contributed by atoms with Crippen molar-refractivity contribution in [3.8, 4) is 0 Å². The molecule has 0 spiro atoms. The van der Waals surface area contributed by atoms with E-state index in [1.165, 1.54) is 28.9 Å². The van der Waals surface area contributed by atoms with Gasteiger partial charge < -0.3 is 0 Å². The number of rotatable bonds is 0. The molecule has 1 atom stereocenters. The zero-order chi connectivity index (χ0) is 10.8. The second kappa shape index (κ2) is 4.13. The first-order chi connectivity index (χ1) is 7.93. The van der Waals surface area contributed by atoms with Crippen LogP contribution in [0.5, 0.6) is 0 Å². The first-order valence-electron chi connectivity index (χ1n) is 6.07. The highest BCUT2D eigenvalue weighted by atomic mass is 14.2. The van der Waals surface area contributed by atoms with Crippen molar-refractivity contribution >= 4 is 12.2 Å². The summed E-state index contributed by atoms with van der Waals surface area (Å²) in [5.41, 5.74) is 1.50. The largest absolute Gasteiger partial charge is 0.0882 e. The number of hydrogen-bond acceptors (Lipinski definition) is 0. The van der Waals surface area contributed by atoms with Gasteiger partial charge in [-0.2, -0.15) is 0 Å². The maximum atomic E-state index is 2.43. The van der Waals surface area contributed by atoms with Gasteiger partial charge in [-0.3, -0.25) is 0 Å². The van der Waals surface area contributed by atoms with Crippen LogP contribution in [0.25, 0.3) is 12.2 Å². The molecule has 0 fully saturated rings. The molecule has 16 heavy (non-hydrogen) atoms. The van der Waals surface area contributed by atoms with Crippen LogP contribution in [0.3, 0.4) is 0 Å². The lowest BCUT2D eigenvalue weighted by atomic mass is 9.86. The monoisotopic (exact) mass is 208 g/mol. The van der Waals surface area contributed by atoms with Gasteiger partial charge in [0.15, 0.2) is 0 Å². The van der Waals surface area contributed by atoms with Crippen molar-refractivity contribution < 1.29 is 0 Å². The molecule has 80 valence electrons. The summed E-state index contributed by atoms with van der Waals surface area (Å²) in [6.07, 6.45) is 15.3. The fourth-order valence-electron chi connectivity index (χ4n) is 2.55. The van der Waals surface area contributed by atoms with Crippen molar-refractivity contribution in [3.63, 3.8) is 0 Å². The highest BCUT2D eigenvalue weighted by Crippen LogP contribution is 2.24. The standard InChI is InChI=1S/C16H16/c1-2-4-8-14-12-16-10-6-5-9-15(16)11-13(14)7-3-1/h1-2,5-7,9-12,14H,3-4,8H2/b2-1-,13-7-. The fourth-order valence-corrected chi connectivity index (χ4v) is 2.55. The summed E-state index contributed by atoms with van der Waals surface area (Å²) in [6, 6.07) is 8.67. The predicted molar refractivity (Wildman–Crippen MR) is 69.2 cm³/mol. The Hall–Kier alpha value is -1.56. The molecule has 0 bridgehead atoms. The normalized spacial score (nSPS) is 28.0. The summed E-state index contributed by atoms with van der Waals surface area (Å²) in [5.74, 6) is 0.625. The van der Waals surface area contributed by atoms with Crippen molar-refractivity contribution in [2.24, 2.45) is 5.92 Å². The number of allylic oxidation sites excluding steroid dienone is 4. The molecule has 0 heterocycles. The van der Waals surface area contributed by atoms with Crippen LogP contribution >= 0.6 is 0 Å². The summed E-state index contributed by atoms with van der Waals surface area (Å²) in [5, 5.41) is 2.77. The van der Waals surface area contributed by atoms with Gasteiger partial charge in [0.2, 0.25) is 0 Å². The maximum Gasteiger partial charge on any atom is 0.00272 e. The molecule has 0 N–H and O–H groups in total. The third-order valence-corrected chi connectivity index (χ3v) is 3.43. The molecule has 0 amide bonds. The van der Waals surface area contributed by atoms with Crippen LogP contribution in [0.1, 0.15) is 19.3 Å². The molecule has 0 aliphatic heterocycles. The van der Waals surface area contributed by atoms with E-state index in [-0.39, 0.29) is 0 Å². The summed E-state index contributed by atoms with van der Waals surface area (Å²) < 4.78 is 0. The molecule has 0 saturated carbocycles. The summed E-state index contributed by atoms with van der Waals surface area (Å²) in [6.45, 7) is 0. The SMILES string of the molecule is C1=c2ccccc2=CC2CC/C=C\C/C=C/12. The summed E-state index contributed by atoms with van der Waals surface area (Å²) in [7, 11) is 0. The van der Waals surface area contributed by atoms with Gasteiger partial charge in [-0.15, -0.1) is 0 Å². The molecule has 0 radical (unpaired) electrons. The van der Waals surface area contributed by atoms with Crippen LogP contribution in [0.2, 0.25) is 0 Å². The van der Waals surface area contributed by atoms with Crippen LogP contribution in [0.15, 0.2) is 48.1 Å². The lowest BCUT2D eigenvalue weighted by Crippen LogP contribution is -2.29. The van der Waals surface area contributed by atoms with E-state index >= 15 is 0 Å². The van der Waals surface area contributed by atoms with Crippen molar-refractivity contribution in [3.05, 3.63) is 58.5 Å². The Morgan fingerprint density at radius 2 is 1.88 bits per heavy atom. The molecule has 1 aromatic rings. The third-order valence-electron chi connectivity index (χ3n) is 3.43. The highest BCUT2D eigenvalue weighted by Gasteiger charge is 2.12. The van der Waals surface area contributed by atoms with Crippen molar-refractivity contribution in [1.29, 1.82) is 0 Å². The van der Waals surface area contributed by atoms with E-state index in [0.29, 0.717) is 5.92 Å². The van der Waals surface area contributed by atoms with E-state index in [2.05, 4.69) is 54.6 Å². The fraction of sp³-hybridized carbons (Fsp3) is 0.250. The Balaban J connectivity index is 2.14. The summed E-state index contributed by atoms with van der Waals surface area (Å²) in [4.78, 5) is 0. The quantitative estimate of drug-likeness (QED) is 0.575. The van der Waals surface area contributed by atoms with Crippen molar-refractivity contribution in [2.45, 2.75) is 19.3 Å². The second-order valence-electron chi connectivity index (χ2n) is 4.53. The minimum absolute atomic E-state index is 0.625. The molecule has 3 rings (SSSR count). The molecule has 0 aromatic heterocycles. The van der Waals surface area contributed by atoms with Crippen LogP contribution < -0.4 is 10.4 Å². The summed E-state index contributed by atoms with van der Waals surface area (Å²) >= 11 is 0. The van der Waals surface area contributed by atoms with Gasteiger partial charge in [-0.05, 0) is 35.3 Å². The van der Waals surface area contributed by atoms with E-state index in [1.807, 2.05) is 0 Å². The second-order valence-corrected chi connectivity index (χ2v) is 4.53. The Kier molecular flexibility index (Phi) is 2.49.